The first-order valence-corrected chi connectivity index (χ1v) is 7.99. The molecule has 0 aliphatic carbocycles. The summed E-state index contributed by atoms with van der Waals surface area (Å²) in [5.41, 5.74) is -1.36. The van der Waals surface area contributed by atoms with E-state index in [9.17, 15) is 19.2 Å². The average molecular weight is 400 g/mol. The van der Waals surface area contributed by atoms with Gasteiger partial charge in [0.05, 0.1) is 6.67 Å². The van der Waals surface area contributed by atoms with Crippen molar-refractivity contribution in [3.8, 4) is 0 Å². The number of nitrogens with zero attached hydrogens (tertiary/aromatic N) is 10. The second-order valence-electron chi connectivity index (χ2n) is 5.75. The molecule has 0 aromatic carbocycles. The van der Waals surface area contributed by atoms with Gasteiger partial charge in [-0.3, -0.25) is 9.59 Å². The van der Waals surface area contributed by atoms with Crippen LogP contribution in [0.5, 0.6) is 0 Å². The Kier molecular flexibility index (Phi) is 4.06. The van der Waals surface area contributed by atoms with Gasteiger partial charge < -0.3 is 10.6 Å². The van der Waals surface area contributed by atoms with E-state index in [0.717, 1.165) is 30.8 Å². The van der Waals surface area contributed by atoms with Crippen molar-refractivity contribution in [2.45, 2.75) is 0 Å². The zero-order valence-electron chi connectivity index (χ0n) is 15.0. The zero-order chi connectivity index (χ0) is 20.7. The minimum Gasteiger partial charge on any atom is -0.333 e. The second kappa shape index (κ2) is 6.59. The fourth-order valence-corrected chi connectivity index (χ4v) is 2.45. The van der Waals surface area contributed by atoms with Crippen molar-refractivity contribution in [1.82, 2.24) is 59.4 Å². The number of imidazole rings is 2. The molecule has 4 rings (SSSR count). The van der Waals surface area contributed by atoms with Crippen LogP contribution in [0.1, 0.15) is 21.0 Å². The molecule has 16 heteroatoms. The van der Waals surface area contributed by atoms with Crippen LogP contribution >= 0.6 is 0 Å². The Balaban J connectivity index is 1.47. The van der Waals surface area contributed by atoms with E-state index in [4.69, 9.17) is 0 Å². The Morgan fingerprint density at radius 3 is 1.66 bits per heavy atom. The lowest BCUT2D eigenvalue weighted by atomic mass is 10.4. The van der Waals surface area contributed by atoms with Gasteiger partial charge >= 0.3 is 11.4 Å². The zero-order valence-corrected chi connectivity index (χ0v) is 15.0. The molecule has 0 unspecified atom stereocenters. The van der Waals surface area contributed by atoms with Crippen LogP contribution in [0.15, 0.2) is 22.2 Å². The Morgan fingerprint density at radius 2 is 1.24 bits per heavy atom. The first-order chi connectivity index (χ1) is 13.9. The number of hydrogen-bond acceptors (Lipinski definition) is 10. The summed E-state index contributed by atoms with van der Waals surface area (Å²) in [6.07, 6.45) is 2.30. The maximum absolute atomic E-state index is 12.3. The van der Waals surface area contributed by atoms with Gasteiger partial charge in [0.25, 0.3) is 11.8 Å². The minimum absolute atomic E-state index is 0.0249. The first-order valence-electron chi connectivity index (χ1n) is 7.99. The summed E-state index contributed by atoms with van der Waals surface area (Å²) in [6, 6.07) is 0. The Labute approximate surface area is 158 Å². The number of nitrogens with one attached hydrogen (secondary N) is 2. The molecule has 4 heterocycles. The third kappa shape index (κ3) is 2.87. The van der Waals surface area contributed by atoms with Crippen LogP contribution in [0.4, 0.5) is 0 Å². The Bertz CT molecular complexity index is 1290. The van der Waals surface area contributed by atoms with Crippen molar-refractivity contribution in [2.75, 3.05) is 6.67 Å². The van der Waals surface area contributed by atoms with E-state index in [-0.39, 0.29) is 29.4 Å². The molecule has 0 aliphatic heterocycles. The van der Waals surface area contributed by atoms with E-state index in [1.54, 1.807) is 0 Å². The third-order valence-electron chi connectivity index (χ3n) is 3.93. The van der Waals surface area contributed by atoms with Crippen molar-refractivity contribution >= 4 is 23.1 Å². The standard InChI is InChI=1S/C13H12N12O4/c1-22-12(28)24-4-16-6(8(24)18-20-22)10(26)14-3-15-11(27)7-9-19-21-23(2)13(29)25(9)5-17-7/h4-5H,3H2,1-2H3,(H,14,26)(H,15,27). The van der Waals surface area contributed by atoms with E-state index in [0.29, 0.717) is 0 Å². The highest BCUT2D eigenvalue weighted by molar-refractivity contribution is 5.99. The highest BCUT2D eigenvalue weighted by Crippen LogP contribution is 2.03. The van der Waals surface area contributed by atoms with Gasteiger partial charge in [-0.2, -0.15) is 9.36 Å². The van der Waals surface area contributed by atoms with E-state index < -0.39 is 23.2 Å². The molecule has 16 nitrogen and oxygen atoms in total. The molecule has 2 N–H and O–H groups in total. The summed E-state index contributed by atoms with van der Waals surface area (Å²) in [6.45, 7) is -0.285. The number of hydrogen-bond donors (Lipinski definition) is 2. The molecule has 2 amide bonds. The van der Waals surface area contributed by atoms with Crippen molar-refractivity contribution in [2.24, 2.45) is 14.1 Å². The van der Waals surface area contributed by atoms with E-state index in [1.807, 2.05) is 0 Å². The Morgan fingerprint density at radius 1 is 0.828 bits per heavy atom. The molecule has 4 aromatic heterocycles. The molecular weight excluding hydrogens is 388 g/mol. The highest BCUT2D eigenvalue weighted by atomic mass is 16.2. The highest BCUT2D eigenvalue weighted by Gasteiger charge is 2.19. The van der Waals surface area contributed by atoms with Crippen LogP contribution in [0, 0.1) is 0 Å². The predicted molar refractivity (Wildman–Crippen MR) is 91.8 cm³/mol. The van der Waals surface area contributed by atoms with E-state index in [1.165, 1.54) is 14.1 Å². The maximum atomic E-state index is 12.3. The van der Waals surface area contributed by atoms with Gasteiger partial charge in [0.15, 0.2) is 22.7 Å². The third-order valence-corrected chi connectivity index (χ3v) is 3.93. The lowest BCUT2D eigenvalue weighted by Gasteiger charge is -2.05. The number of carbonyl (C=O) groups is 2. The van der Waals surface area contributed by atoms with Gasteiger partial charge in [-0.1, -0.05) is 10.4 Å². The molecule has 0 bridgehead atoms. The lowest BCUT2D eigenvalue weighted by molar-refractivity contribution is 0.0917. The average Bonchev–Trinajstić information content (AvgIpc) is 3.32. The smallest absolute Gasteiger partial charge is 0.333 e. The summed E-state index contributed by atoms with van der Waals surface area (Å²) in [5.74, 6) is -1.36. The fourth-order valence-electron chi connectivity index (χ4n) is 2.45. The number of carbonyl (C=O) groups excluding carboxylic acids is 2. The summed E-state index contributed by atoms with van der Waals surface area (Å²) >= 11 is 0. The molecular formula is C13H12N12O4. The fraction of sp³-hybridized carbons (Fsp3) is 0.231. The van der Waals surface area contributed by atoms with Crippen LogP contribution < -0.4 is 22.0 Å². The normalized spacial score (nSPS) is 11.1. The molecule has 0 radical (unpaired) electrons. The summed E-state index contributed by atoms with van der Waals surface area (Å²) in [5, 5.41) is 19.5. The molecule has 0 aliphatic rings. The largest absolute Gasteiger partial charge is 0.352 e. The number of amides is 2. The van der Waals surface area contributed by atoms with Crippen LogP contribution in [-0.4, -0.2) is 67.2 Å². The van der Waals surface area contributed by atoms with Crippen molar-refractivity contribution in [1.29, 1.82) is 0 Å². The predicted octanol–water partition coefficient (Wildman–Crippen LogP) is -3.92. The summed E-state index contributed by atoms with van der Waals surface area (Å²) in [7, 11) is 2.81. The molecule has 148 valence electrons. The lowest BCUT2D eigenvalue weighted by Crippen LogP contribution is -2.38. The van der Waals surface area contributed by atoms with E-state index in [2.05, 4.69) is 41.2 Å². The quantitative estimate of drug-likeness (QED) is 0.320. The summed E-state index contributed by atoms with van der Waals surface area (Å²) in [4.78, 5) is 56.1. The molecule has 4 aromatic rings. The second-order valence-corrected chi connectivity index (χ2v) is 5.75. The topological polar surface area (TPSA) is 188 Å². The van der Waals surface area contributed by atoms with Crippen molar-refractivity contribution in [3.63, 3.8) is 0 Å². The maximum Gasteiger partial charge on any atom is 0.352 e. The van der Waals surface area contributed by atoms with Gasteiger partial charge in [0.1, 0.15) is 12.7 Å². The minimum atomic E-state index is -0.682. The van der Waals surface area contributed by atoms with Gasteiger partial charge in [0.2, 0.25) is 0 Å². The molecule has 0 atom stereocenters. The van der Waals surface area contributed by atoms with Gasteiger partial charge in [-0.25, -0.2) is 28.4 Å². The van der Waals surface area contributed by atoms with Crippen LogP contribution in [-0.2, 0) is 14.1 Å². The SMILES string of the molecule is Cn1nnc2c(C(=O)NCNC(=O)c3ncn4c(=O)n(C)nnc34)ncn2c1=O. The molecule has 29 heavy (non-hydrogen) atoms. The molecule has 0 saturated carbocycles. The Hall–Kier alpha value is -4.50. The molecule has 0 saturated heterocycles. The number of fused-ring (bicyclic) bond motifs is 2. The molecule has 0 spiro atoms. The van der Waals surface area contributed by atoms with Gasteiger partial charge in [-0.05, 0) is 0 Å². The van der Waals surface area contributed by atoms with Gasteiger partial charge in [0, 0.05) is 14.1 Å². The number of aryl methyl sites for hydroxylation is 2. The number of rotatable bonds is 4. The molecule has 0 fully saturated rings. The van der Waals surface area contributed by atoms with Crippen LogP contribution in [0.2, 0.25) is 0 Å². The van der Waals surface area contributed by atoms with Crippen molar-refractivity contribution in [3.05, 3.63) is 45.0 Å². The van der Waals surface area contributed by atoms with Crippen LogP contribution in [0.3, 0.4) is 0 Å². The monoisotopic (exact) mass is 400 g/mol. The number of aromatic nitrogens is 10. The van der Waals surface area contributed by atoms with Crippen LogP contribution in [0.25, 0.3) is 11.3 Å². The first kappa shape index (κ1) is 17.9. The van der Waals surface area contributed by atoms with Crippen molar-refractivity contribution < 1.29 is 9.59 Å². The van der Waals surface area contributed by atoms with Gasteiger partial charge in [-0.15, -0.1) is 10.2 Å². The van der Waals surface area contributed by atoms with E-state index >= 15 is 0 Å². The summed E-state index contributed by atoms with van der Waals surface area (Å²) < 4.78 is 4.11.